The zero-order valence-corrected chi connectivity index (χ0v) is 33.9. The molecule has 2 aliphatic heterocycles. The number of hydrogen-bond acceptors (Lipinski definition) is 10. The summed E-state index contributed by atoms with van der Waals surface area (Å²) in [6.45, 7) is 15.7. The van der Waals surface area contributed by atoms with Crippen LogP contribution in [0.15, 0.2) is 48.8 Å². The zero-order chi connectivity index (χ0) is 37.4. The molecule has 6 aliphatic rings. The van der Waals surface area contributed by atoms with E-state index in [0.29, 0.717) is 10.8 Å². The smallest absolute Gasteiger partial charge is 0.189 e. The summed E-state index contributed by atoms with van der Waals surface area (Å²) in [4.78, 5) is 14.6. The van der Waals surface area contributed by atoms with Gasteiger partial charge in [-0.25, -0.2) is 9.97 Å². The van der Waals surface area contributed by atoms with Crippen molar-refractivity contribution in [1.82, 2.24) is 34.8 Å². The quantitative estimate of drug-likeness (QED) is 0.150. The standard InChI is InChI=1S/C44H55N9OS/c1-30-33-11-10-18-52(39(33)50-49-38(30)48-40-47-35-12-6-7-13-36(35)55-40)37-15-14-32(21-45-37)34-22-46-53(31(34)2)29-43-24-41(3)23-42(4,25-43)27-44(26-41,28-43)54-20-19-51-16-8-5-9-17-51/h6-7,12-15,21-22H,5,8-11,16-20,23-29H2,1-4H3,(H,47,48,49). The number of fused-ring (bicyclic) bond motifs is 2. The normalized spacial score (nSPS) is 28.9. The number of hydrogen-bond donors (Lipinski definition) is 1. The molecule has 55 heavy (non-hydrogen) atoms. The van der Waals surface area contributed by atoms with Crippen molar-refractivity contribution in [3.63, 3.8) is 0 Å². The van der Waals surface area contributed by atoms with Crippen molar-refractivity contribution in [3.8, 4) is 11.1 Å². The number of benzene rings is 1. The number of nitrogens with zero attached hydrogens (tertiary/aromatic N) is 8. The van der Waals surface area contributed by atoms with E-state index in [1.54, 1.807) is 11.3 Å². The Labute approximate surface area is 329 Å². The van der Waals surface area contributed by atoms with Gasteiger partial charge in [0.25, 0.3) is 0 Å². The van der Waals surface area contributed by atoms with Crippen molar-refractivity contribution in [2.75, 3.05) is 43.0 Å². The molecular weight excluding hydrogens is 703 g/mol. The molecule has 0 amide bonds. The maximum Gasteiger partial charge on any atom is 0.189 e. The Kier molecular flexibility index (Phi) is 8.61. The minimum Gasteiger partial charge on any atom is -0.374 e. The van der Waals surface area contributed by atoms with Crippen LogP contribution in [-0.2, 0) is 17.7 Å². The molecule has 288 valence electrons. The van der Waals surface area contributed by atoms with E-state index in [2.05, 4.69) is 77.0 Å². The maximum absolute atomic E-state index is 7.08. The molecule has 1 saturated heterocycles. The van der Waals surface area contributed by atoms with Crippen LogP contribution in [0.3, 0.4) is 0 Å². The van der Waals surface area contributed by atoms with Gasteiger partial charge in [0, 0.05) is 53.8 Å². The first-order chi connectivity index (χ1) is 26.6. The fourth-order valence-electron chi connectivity index (χ4n) is 12.6. The number of anilines is 4. The van der Waals surface area contributed by atoms with Crippen LogP contribution in [0.2, 0.25) is 0 Å². The SMILES string of the molecule is Cc1c(Nc2nc3ccccc3s2)nnc2c1CCCN2c1ccc(-c2cnn(CC34CC5(C)CC(C)(C3)CC(OCCN3CCCCC3)(C5)C4)c2C)cn1. The van der Waals surface area contributed by atoms with Gasteiger partial charge in [-0.05, 0) is 132 Å². The van der Waals surface area contributed by atoms with E-state index in [1.807, 2.05) is 24.4 Å². The summed E-state index contributed by atoms with van der Waals surface area (Å²) in [6, 6.07) is 12.5. The molecule has 0 radical (unpaired) electrons. The van der Waals surface area contributed by atoms with E-state index in [-0.39, 0.29) is 11.0 Å². The van der Waals surface area contributed by atoms with Crippen LogP contribution in [0.1, 0.15) is 94.9 Å². The highest BCUT2D eigenvalue weighted by Crippen LogP contribution is 2.72. The predicted molar refractivity (Wildman–Crippen MR) is 221 cm³/mol. The van der Waals surface area contributed by atoms with E-state index in [4.69, 9.17) is 24.9 Å². The number of ether oxygens (including phenoxy) is 1. The summed E-state index contributed by atoms with van der Waals surface area (Å²) >= 11 is 1.63. The molecule has 11 heteroatoms. The van der Waals surface area contributed by atoms with Gasteiger partial charge in [-0.2, -0.15) is 5.10 Å². The lowest BCUT2D eigenvalue weighted by Gasteiger charge is -2.69. The molecule has 4 bridgehead atoms. The minimum atomic E-state index is 0.00213. The molecule has 2 atom stereocenters. The highest BCUT2D eigenvalue weighted by molar-refractivity contribution is 7.22. The Morgan fingerprint density at radius 3 is 2.45 bits per heavy atom. The van der Waals surface area contributed by atoms with Crippen LogP contribution < -0.4 is 10.2 Å². The second-order valence-electron chi connectivity index (χ2n) is 18.7. The Morgan fingerprint density at radius 2 is 1.67 bits per heavy atom. The first-order valence-corrected chi connectivity index (χ1v) is 21.5. The summed E-state index contributed by atoms with van der Waals surface area (Å²) in [6.07, 6.45) is 17.6. The molecule has 4 saturated carbocycles. The van der Waals surface area contributed by atoms with Crippen LogP contribution in [0.4, 0.5) is 22.6 Å². The topological polar surface area (TPSA) is 97.1 Å². The van der Waals surface area contributed by atoms with Crippen LogP contribution in [-0.4, -0.2) is 73.2 Å². The average Bonchev–Trinajstić information content (AvgIpc) is 3.73. The third kappa shape index (κ3) is 6.53. The van der Waals surface area contributed by atoms with Gasteiger partial charge in [-0.1, -0.05) is 43.7 Å². The largest absolute Gasteiger partial charge is 0.374 e. The average molecular weight is 758 g/mol. The second kappa shape index (κ2) is 13.3. The van der Waals surface area contributed by atoms with E-state index >= 15 is 0 Å². The second-order valence-corrected chi connectivity index (χ2v) is 19.7. The summed E-state index contributed by atoms with van der Waals surface area (Å²) in [7, 11) is 0. The molecule has 4 aliphatic carbocycles. The summed E-state index contributed by atoms with van der Waals surface area (Å²) in [5, 5.41) is 18.8. The molecule has 11 rings (SSSR count). The third-order valence-electron chi connectivity index (χ3n) is 13.7. The summed E-state index contributed by atoms with van der Waals surface area (Å²) < 4.78 is 10.5. The number of rotatable bonds is 10. The molecular formula is C44H55N9OS. The molecule has 5 fully saturated rings. The summed E-state index contributed by atoms with van der Waals surface area (Å²) in [5.74, 6) is 2.56. The van der Waals surface area contributed by atoms with Crippen LogP contribution in [0.5, 0.6) is 0 Å². The first-order valence-electron chi connectivity index (χ1n) is 20.7. The fraction of sp³-hybridized carbons (Fsp3) is 0.568. The molecule has 1 aromatic carbocycles. The lowest BCUT2D eigenvalue weighted by Crippen LogP contribution is -2.64. The van der Waals surface area contributed by atoms with Gasteiger partial charge >= 0.3 is 0 Å². The lowest BCUT2D eigenvalue weighted by molar-refractivity contribution is -0.249. The lowest BCUT2D eigenvalue weighted by atomic mass is 9.39. The van der Waals surface area contributed by atoms with E-state index in [9.17, 15) is 0 Å². The minimum absolute atomic E-state index is 0.00213. The van der Waals surface area contributed by atoms with E-state index in [0.717, 1.165) is 95.0 Å². The van der Waals surface area contributed by atoms with Crippen LogP contribution in [0.25, 0.3) is 21.3 Å². The summed E-state index contributed by atoms with van der Waals surface area (Å²) in [5.41, 5.74) is 7.69. The molecule has 5 aromatic rings. The molecule has 10 nitrogen and oxygen atoms in total. The van der Waals surface area contributed by atoms with E-state index in [1.165, 1.54) is 75.7 Å². The van der Waals surface area contributed by atoms with Gasteiger partial charge in [-0.3, -0.25) is 4.68 Å². The van der Waals surface area contributed by atoms with Crippen molar-refractivity contribution >= 4 is 44.1 Å². The number of pyridine rings is 1. The van der Waals surface area contributed by atoms with Crippen LogP contribution in [0, 0.1) is 30.1 Å². The number of aromatic nitrogens is 6. The Bertz CT molecular complexity index is 2170. The molecule has 4 aromatic heterocycles. The van der Waals surface area contributed by atoms with Gasteiger partial charge in [0.05, 0.1) is 28.6 Å². The van der Waals surface area contributed by atoms with Gasteiger partial charge < -0.3 is 19.9 Å². The predicted octanol–water partition coefficient (Wildman–Crippen LogP) is 9.41. The Morgan fingerprint density at radius 1 is 0.855 bits per heavy atom. The number of piperidine rings is 1. The van der Waals surface area contributed by atoms with Crippen molar-refractivity contribution < 1.29 is 4.74 Å². The third-order valence-corrected chi connectivity index (χ3v) is 14.7. The highest BCUT2D eigenvalue weighted by atomic mass is 32.1. The highest BCUT2D eigenvalue weighted by Gasteiger charge is 2.66. The number of nitrogens with one attached hydrogen (secondary N) is 1. The zero-order valence-electron chi connectivity index (χ0n) is 33.0. The number of likely N-dealkylation sites (tertiary alicyclic amines) is 1. The fourth-order valence-corrected chi connectivity index (χ4v) is 13.5. The van der Waals surface area contributed by atoms with Crippen LogP contribution >= 0.6 is 11.3 Å². The maximum atomic E-state index is 7.08. The van der Waals surface area contributed by atoms with Gasteiger partial charge in [0.15, 0.2) is 16.8 Å². The van der Waals surface area contributed by atoms with Gasteiger partial charge in [0.1, 0.15) is 5.82 Å². The Hall–Kier alpha value is -3.93. The van der Waals surface area contributed by atoms with Crippen molar-refractivity contribution in [3.05, 3.63) is 65.6 Å². The number of para-hydroxylation sites is 1. The first kappa shape index (κ1) is 35.5. The van der Waals surface area contributed by atoms with Crippen molar-refractivity contribution in [1.29, 1.82) is 0 Å². The monoisotopic (exact) mass is 757 g/mol. The number of thiazole rings is 1. The molecule has 6 heterocycles. The van der Waals surface area contributed by atoms with Crippen molar-refractivity contribution in [2.45, 2.75) is 110 Å². The Balaban J connectivity index is 0.852. The van der Waals surface area contributed by atoms with Crippen molar-refractivity contribution in [2.24, 2.45) is 16.2 Å². The molecule has 2 unspecified atom stereocenters. The van der Waals surface area contributed by atoms with Gasteiger partial charge in [0.2, 0.25) is 0 Å². The molecule has 0 spiro atoms. The molecule has 1 N–H and O–H groups in total. The van der Waals surface area contributed by atoms with Gasteiger partial charge in [-0.15, -0.1) is 10.2 Å². The van der Waals surface area contributed by atoms with E-state index < -0.39 is 0 Å².